The molecule has 1 saturated heterocycles. The van der Waals surface area contributed by atoms with E-state index in [1.807, 2.05) is 32.9 Å². The number of benzene rings is 2. The number of halogens is 1. The van der Waals surface area contributed by atoms with Gasteiger partial charge in [0.1, 0.15) is 11.5 Å². The Balaban J connectivity index is 2.13. The maximum atomic E-state index is 12.9. The third-order valence-electron chi connectivity index (χ3n) is 4.73. The number of aliphatic hydroxyl groups is 1. The molecule has 0 radical (unpaired) electrons. The van der Waals surface area contributed by atoms with E-state index in [2.05, 4.69) is 0 Å². The van der Waals surface area contributed by atoms with Crippen LogP contribution < -0.4 is 4.74 Å². The number of Topliss-reactive ketones (excluding diaryl/α,β-unsaturated/α-hetero) is 1. The molecule has 1 fully saturated rings. The molecule has 2 aromatic carbocycles. The number of hydrogen-bond donors (Lipinski definition) is 1. The van der Waals surface area contributed by atoms with Gasteiger partial charge in [-0.05, 0) is 54.8 Å². The second-order valence-corrected chi connectivity index (χ2v) is 7.79. The van der Waals surface area contributed by atoms with E-state index < -0.39 is 17.7 Å². The van der Waals surface area contributed by atoms with Crippen molar-refractivity contribution in [1.82, 2.24) is 4.90 Å². The number of rotatable bonds is 6. The zero-order valence-electron chi connectivity index (χ0n) is 16.7. The fraction of sp³-hybridized carbons (Fsp3) is 0.304. The van der Waals surface area contributed by atoms with E-state index in [9.17, 15) is 14.7 Å². The van der Waals surface area contributed by atoms with E-state index in [-0.39, 0.29) is 17.3 Å². The predicted octanol–water partition coefficient (Wildman–Crippen LogP) is 4.82. The molecule has 0 aliphatic carbocycles. The average Bonchev–Trinajstić information content (AvgIpc) is 2.93. The van der Waals surface area contributed by atoms with Crippen LogP contribution in [0.3, 0.4) is 0 Å². The van der Waals surface area contributed by atoms with E-state index in [0.717, 1.165) is 5.56 Å². The molecule has 152 valence electrons. The van der Waals surface area contributed by atoms with Crippen LogP contribution in [0.5, 0.6) is 5.75 Å². The summed E-state index contributed by atoms with van der Waals surface area (Å²) >= 11 is 5.93. The van der Waals surface area contributed by atoms with Gasteiger partial charge in [0, 0.05) is 17.1 Å². The molecule has 0 aromatic heterocycles. The maximum Gasteiger partial charge on any atom is 0.295 e. The first-order chi connectivity index (χ1) is 13.8. The molecule has 1 amide bonds. The van der Waals surface area contributed by atoms with Crippen molar-refractivity contribution in [3.8, 4) is 5.75 Å². The van der Waals surface area contributed by atoms with Crippen LogP contribution in [0.15, 0.2) is 54.1 Å². The Morgan fingerprint density at radius 2 is 1.72 bits per heavy atom. The molecular formula is C23H24ClNO4. The standard InChI is InChI=1S/C23H24ClNO4/c1-4-29-18-11-7-15(8-12-18)20-19(21(26)16-5-9-17(24)10-6-16)22(27)23(28)25(20)13-14(2)3/h5-12,14,20,26H,4,13H2,1-3H3. The second kappa shape index (κ2) is 8.70. The normalized spacial score (nSPS) is 18.5. The lowest BCUT2D eigenvalue weighted by molar-refractivity contribution is -0.140. The van der Waals surface area contributed by atoms with E-state index in [1.54, 1.807) is 36.4 Å². The number of aliphatic hydroxyl groups excluding tert-OH is 1. The fourth-order valence-electron chi connectivity index (χ4n) is 3.48. The van der Waals surface area contributed by atoms with Gasteiger partial charge in [-0.3, -0.25) is 9.59 Å². The molecular weight excluding hydrogens is 390 g/mol. The minimum absolute atomic E-state index is 0.0853. The summed E-state index contributed by atoms with van der Waals surface area (Å²) in [5.41, 5.74) is 1.26. The van der Waals surface area contributed by atoms with Gasteiger partial charge in [0.25, 0.3) is 11.7 Å². The molecule has 3 rings (SSSR count). The number of hydrogen-bond acceptors (Lipinski definition) is 4. The Morgan fingerprint density at radius 3 is 2.28 bits per heavy atom. The SMILES string of the molecule is CCOc1ccc(C2C(=C(O)c3ccc(Cl)cc3)C(=O)C(=O)N2CC(C)C)cc1. The van der Waals surface area contributed by atoms with Crippen molar-refractivity contribution in [3.63, 3.8) is 0 Å². The van der Waals surface area contributed by atoms with Crippen LogP contribution in [-0.2, 0) is 9.59 Å². The maximum absolute atomic E-state index is 12.9. The fourth-order valence-corrected chi connectivity index (χ4v) is 3.61. The van der Waals surface area contributed by atoms with E-state index in [0.29, 0.717) is 29.5 Å². The Labute approximate surface area is 175 Å². The molecule has 1 unspecified atom stereocenters. The van der Waals surface area contributed by atoms with Crippen molar-refractivity contribution in [2.24, 2.45) is 5.92 Å². The van der Waals surface area contributed by atoms with Crippen LogP contribution in [0.2, 0.25) is 5.02 Å². The van der Waals surface area contributed by atoms with Crippen LogP contribution in [-0.4, -0.2) is 34.8 Å². The third-order valence-corrected chi connectivity index (χ3v) is 4.98. The zero-order valence-corrected chi connectivity index (χ0v) is 17.4. The van der Waals surface area contributed by atoms with Gasteiger partial charge in [-0.15, -0.1) is 0 Å². The lowest BCUT2D eigenvalue weighted by atomic mass is 9.95. The number of likely N-dealkylation sites (tertiary alicyclic amines) is 1. The summed E-state index contributed by atoms with van der Waals surface area (Å²) in [7, 11) is 0. The van der Waals surface area contributed by atoms with Crippen molar-refractivity contribution in [3.05, 3.63) is 70.3 Å². The summed E-state index contributed by atoms with van der Waals surface area (Å²) in [6.07, 6.45) is 0. The molecule has 1 aliphatic rings. The molecule has 1 aliphatic heterocycles. The van der Waals surface area contributed by atoms with E-state index >= 15 is 0 Å². The molecule has 6 heteroatoms. The molecule has 2 aromatic rings. The second-order valence-electron chi connectivity index (χ2n) is 7.35. The highest BCUT2D eigenvalue weighted by Crippen LogP contribution is 2.40. The average molecular weight is 414 g/mol. The molecule has 1 N–H and O–H groups in total. The molecule has 0 bridgehead atoms. The monoisotopic (exact) mass is 413 g/mol. The van der Waals surface area contributed by atoms with Gasteiger partial charge in [-0.1, -0.05) is 37.6 Å². The van der Waals surface area contributed by atoms with Crippen LogP contribution in [0.1, 0.15) is 37.9 Å². The Bertz CT molecular complexity index is 932. The van der Waals surface area contributed by atoms with Gasteiger partial charge in [-0.25, -0.2) is 0 Å². The third kappa shape index (κ3) is 4.30. The lowest BCUT2D eigenvalue weighted by Gasteiger charge is -2.27. The summed E-state index contributed by atoms with van der Waals surface area (Å²) < 4.78 is 5.49. The van der Waals surface area contributed by atoms with Crippen molar-refractivity contribution >= 4 is 29.1 Å². The van der Waals surface area contributed by atoms with Crippen molar-refractivity contribution in [2.45, 2.75) is 26.8 Å². The van der Waals surface area contributed by atoms with Crippen molar-refractivity contribution < 1.29 is 19.4 Å². The highest BCUT2D eigenvalue weighted by molar-refractivity contribution is 6.46. The molecule has 0 spiro atoms. The first-order valence-corrected chi connectivity index (χ1v) is 9.98. The number of nitrogens with zero attached hydrogens (tertiary/aromatic N) is 1. The summed E-state index contributed by atoms with van der Waals surface area (Å²) in [4.78, 5) is 27.2. The topological polar surface area (TPSA) is 66.8 Å². The van der Waals surface area contributed by atoms with Crippen LogP contribution in [0.25, 0.3) is 5.76 Å². The number of ketones is 1. The molecule has 29 heavy (non-hydrogen) atoms. The minimum Gasteiger partial charge on any atom is -0.507 e. The van der Waals surface area contributed by atoms with Gasteiger partial charge in [0.05, 0.1) is 18.2 Å². The Kier molecular flexibility index (Phi) is 6.28. The lowest BCUT2D eigenvalue weighted by Crippen LogP contribution is -2.33. The van der Waals surface area contributed by atoms with Crippen molar-refractivity contribution in [1.29, 1.82) is 0 Å². The quantitative estimate of drug-likeness (QED) is 0.419. The first kappa shape index (κ1) is 20.9. The number of carbonyl (C=O) groups excluding carboxylic acids is 2. The zero-order chi connectivity index (χ0) is 21.1. The minimum atomic E-state index is -0.683. The van der Waals surface area contributed by atoms with Gasteiger partial charge >= 0.3 is 0 Å². The van der Waals surface area contributed by atoms with Gasteiger partial charge in [0.15, 0.2) is 0 Å². The van der Waals surface area contributed by atoms with Gasteiger partial charge in [0.2, 0.25) is 0 Å². The predicted molar refractivity (Wildman–Crippen MR) is 113 cm³/mol. The Hall–Kier alpha value is -2.79. The summed E-state index contributed by atoms with van der Waals surface area (Å²) in [6.45, 7) is 6.81. The smallest absolute Gasteiger partial charge is 0.295 e. The summed E-state index contributed by atoms with van der Waals surface area (Å²) in [5.74, 6) is -0.626. The van der Waals surface area contributed by atoms with E-state index in [1.165, 1.54) is 4.90 Å². The molecule has 1 atom stereocenters. The summed E-state index contributed by atoms with van der Waals surface area (Å²) in [6, 6.07) is 13.1. The molecule has 0 saturated carbocycles. The molecule has 1 heterocycles. The van der Waals surface area contributed by atoms with Gasteiger partial charge < -0.3 is 14.7 Å². The van der Waals surface area contributed by atoms with Crippen LogP contribution in [0, 0.1) is 5.92 Å². The number of carbonyl (C=O) groups is 2. The first-order valence-electron chi connectivity index (χ1n) is 9.60. The van der Waals surface area contributed by atoms with Crippen LogP contribution >= 0.6 is 11.6 Å². The molecule has 5 nitrogen and oxygen atoms in total. The summed E-state index contributed by atoms with van der Waals surface area (Å²) in [5, 5.41) is 11.5. The van der Waals surface area contributed by atoms with E-state index in [4.69, 9.17) is 16.3 Å². The van der Waals surface area contributed by atoms with Crippen molar-refractivity contribution in [2.75, 3.05) is 13.2 Å². The highest BCUT2D eigenvalue weighted by Gasteiger charge is 2.46. The number of amides is 1. The van der Waals surface area contributed by atoms with Crippen LogP contribution in [0.4, 0.5) is 0 Å². The largest absolute Gasteiger partial charge is 0.507 e. The number of ether oxygens (including phenoxy) is 1. The Morgan fingerprint density at radius 1 is 1.10 bits per heavy atom. The highest BCUT2D eigenvalue weighted by atomic mass is 35.5. The van der Waals surface area contributed by atoms with Gasteiger partial charge in [-0.2, -0.15) is 0 Å².